The molecule has 16 heavy (non-hydrogen) atoms. The predicted molar refractivity (Wildman–Crippen MR) is 68.7 cm³/mol. The average molecular weight is 285 g/mol. The van der Waals surface area contributed by atoms with Crippen LogP contribution in [0.25, 0.3) is 0 Å². The number of aliphatic hydroxyl groups is 1. The van der Waals surface area contributed by atoms with E-state index in [-0.39, 0.29) is 12.1 Å². The first-order valence-electron chi connectivity index (χ1n) is 5.63. The molecule has 0 amide bonds. The summed E-state index contributed by atoms with van der Waals surface area (Å²) in [5.41, 5.74) is 1.17. The van der Waals surface area contributed by atoms with E-state index in [1.54, 1.807) is 0 Å². The van der Waals surface area contributed by atoms with Gasteiger partial charge in [0.05, 0.1) is 16.6 Å². The molecule has 2 atom stereocenters. The number of aliphatic hydroxyl groups excluding tert-OH is 1. The third kappa shape index (κ3) is 2.09. The molecule has 3 nitrogen and oxygen atoms in total. The summed E-state index contributed by atoms with van der Waals surface area (Å²) in [4.78, 5) is 6.48. The molecule has 4 heteroatoms. The number of aryl methyl sites for hydroxylation is 1. The summed E-state index contributed by atoms with van der Waals surface area (Å²) in [6.45, 7) is 2.05. The minimum absolute atomic E-state index is 0.200. The Bertz CT molecular complexity index is 383. The molecule has 1 N–H and O–H groups in total. The van der Waals surface area contributed by atoms with Gasteiger partial charge in [-0.2, -0.15) is 0 Å². The number of rotatable bonds is 2. The zero-order valence-electron chi connectivity index (χ0n) is 9.65. The van der Waals surface area contributed by atoms with Gasteiger partial charge in [-0.25, -0.2) is 4.98 Å². The molecule has 0 saturated heterocycles. The lowest BCUT2D eigenvalue weighted by molar-refractivity contribution is 0.162. The monoisotopic (exact) mass is 284 g/mol. The van der Waals surface area contributed by atoms with E-state index in [9.17, 15) is 5.11 Å². The molecule has 1 heterocycles. The normalized spacial score (nSPS) is 24.8. The molecule has 0 radical (unpaired) electrons. The summed E-state index contributed by atoms with van der Waals surface area (Å²) in [5.74, 6) is 0.922. The van der Waals surface area contributed by atoms with Crippen molar-refractivity contribution in [2.45, 2.75) is 38.3 Å². The van der Waals surface area contributed by atoms with Gasteiger partial charge in [-0.15, -0.1) is 0 Å². The second-order valence-electron chi connectivity index (χ2n) is 4.44. The number of halogens is 1. The molecule has 1 aliphatic rings. The highest BCUT2D eigenvalue weighted by Crippen LogP contribution is 2.31. The molecular formula is C12H17BrN2O. The van der Waals surface area contributed by atoms with E-state index in [0.29, 0.717) is 0 Å². The highest BCUT2D eigenvalue weighted by Gasteiger charge is 2.30. The number of likely N-dealkylation sites (N-methyl/N-ethyl adjacent to an activating group) is 1. The minimum atomic E-state index is -0.223. The van der Waals surface area contributed by atoms with Gasteiger partial charge in [0.1, 0.15) is 5.82 Å². The van der Waals surface area contributed by atoms with Crippen molar-refractivity contribution in [2.75, 3.05) is 11.9 Å². The van der Waals surface area contributed by atoms with Crippen LogP contribution >= 0.6 is 15.9 Å². The minimum Gasteiger partial charge on any atom is -0.391 e. The molecule has 1 fully saturated rings. The third-order valence-electron chi connectivity index (χ3n) is 3.34. The molecule has 88 valence electrons. The van der Waals surface area contributed by atoms with Gasteiger partial charge in [0.15, 0.2) is 0 Å². The Morgan fingerprint density at radius 1 is 1.50 bits per heavy atom. The van der Waals surface area contributed by atoms with Crippen molar-refractivity contribution >= 4 is 21.7 Å². The summed E-state index contributed by atoms with van der Waals surface area (Å²) in [7, 11) is 2.01. The fraction of sp³-hybridized carbons (Fsp3) is 0.583. The van der Waals surface area contributed by atoms with Crippen LogP contribution in [0.15, 0.2) is 16.7 Å². The lowest BCUT2D eigenvalue weighted by Crippen LogP contribution is -2.38. The number of aromatic nitrogens is 1. The van der Waals surface area contributed by atoms with Crippen LogP contribution in [0.3, 0.4) is 0 Å². The van der Waals surface area contributed by atoms with Crippen molar-refractivity contribution < 1.29 is 5.11 Å². The van der Waals surface area contributed by atoms with Gasteiger partial charge in [-0.3, -0.25) is 0 Å². The van der Waals surface area contributed by atoms with Gasteiger partial charge in [0.2, 0.25) is 0 Å². The summed E-state index contributed by atoms with van der Waals surface area (Å²) < 4.78 is 1.02. The first-order chi connectivity index (χ1) is 7.61. The van der Waals surface area contributed by atoms with Crippen molar-refractivity contribution in [1.29, 1.82) is 0 Å². The number of hydrogen-bond acceptors (Lipinski definition) is 3. The maximum Gasteiger partial charge on any atom is 0.143 e. The molecule has 2 unspecified atom stereocenters. The Hall–Kier alpha value is -0.610. The van der Waals surface area contributed by atoms with Crippen molar-refractivity contribution in [3.8, 4) is 0 Å². The molecule has 2 rings (SSSR count). The van der Waals surface area contributed by atoms with Crippen LogP contribution in [0.1, 0.15) is 24.8 Å². The van der Waals surface area contributed by atoms with Gasteiger partial charge in [-0.1, -0.05) is 0 Å². The molecule has 1 aromatic rings. The van der Waals surface area contributed by atoms with E-state index in [1.807, 2.05) is 26.2 Å². The zero-order valence-corrected chi connectivity index (χ0v) is 11.2. The van der Waals surface area contributed by atoms with Crippen LogP contribution in [-0.2, 0) is 0 Å². The van der Waals surface area contributed by atoms with Crippen LogP contribution in [0, 0.1) is 6.92 Å². The number of hydrogen-bond donors (Lipinski definition) is 1. The number of anilines is 1. The van der Waals surface area contributed by atoms with Gasteiger partial charge in [0, 0.05) is 13.2 Å². The maximum atomic E-state index is 9.90. The summed E-state index contributed by atoms with van der Waals surface area (Å²) in [6.07, 6.45) is 4.63. The van der Waals surface area contributed by atoms with E-state index in [0.717, 1.165) is 29.6 Å². The topological polar surface area (TPSA) is 36.4 Å². The SMILES string of the molecule is Cc1ccnc(N(C)C2CCCC2O)c1Br. The first kappa shape index (κ1) is 11.9. The summed E-state index contributed by atoms with van der Waals surface area (Å²) in [5, 5.41) is 9.90. The molecule has 0 spiro atoms. The highest BCUT2D eigenvalue weighted by molar-refractivity contribution is 9.10. The zero-order chi connectivity index (χ0) is 11.7. The first-order valence-corrected chi connectivity index (χ1v) is 6.42. The molecule has 0 bridgehead atoms. The molecule has 1 saturated carbocycles. The number of pyridine rings is 1. The van der Waals surface area contributed by atoms with Crippen molar-refractivity contribution in [1.82, 2.24) is 4.98 Å². The van der Waals surface area contributed by atoms with Crippen molar-refractivity contribution in [3.63, 3.8) is 0 Å². The summed E-state index contributed by atoms with van der Waals surface area (Å²) >= 11 is 3.56. The molecule has 1 aliphatic carbocycles. The number of nitrogens with zero attached hydrogens (tertiary/aromatic N) is 2. The van der Waals surface area contributed by atoms with Crippen LogP contribution in [0.5, 0.6) is 0 Å². The largest absolute Gasteiger partial charge is 0.391 e. The average Bonchev–Trinajstić information content (AvgIpc) is 2.68. The Labute approximate surface area is 105 Å². The van der Waals surface area contributed by atoms with Gasteiger partial charge in [-0.05, 0) is 53.7 Å². The van der Waals surface area contributed by atoms with Crippen LogP contribution in [0.2, 0.25) is 0 Å². The van der Waals surface area contributed by atoms with E-state index in [2.05, 4.69) is 25.8 Å². The summed E-state index contributed by atoms with van der Waals surface area (Å²) in [6, 6.07) is 2.18. The highest BCUT2D eigenvalue weighted by atomic mass is 79.9. The smallest absolute Gasteiger partial charge is 0.143 e. The predicted octanol–water partition coefficient (Wildman–Crippen LogP) is 2.50. The van der Waals surface area contributed by atoms with Crippen molar-refractivity contribution in [3.05, 3.63) is 22.3 Å². The molecule has 1 aromatic heterocycles. The second kappa shape index (κ2) is 4.72. The van der Waals surface area contributed by atoms with Gasteiger partial charge in [0.25, 0.3) is 0 Å². The van der Waals surface area contributed by atoms with Crippen LogP contribution in [0.4, 0.5) is 5.82 Å². The van der Waals surface area contributed by atoms with E-state index in [1.165, 1.54) is 5.56 Å². The second-order valence-corrected chi connectivity index (χ2v) is 5.23. The standard InChI is InChI=1S/C12H17BrN2O/c1-8-6-7-14-12(11(8)13)15(2)9-4-3-5-10(9)16/h6-7,9-10,16H,3-5H2,1-2H3. The lowest BCUT2D eigenvalue weighted by atomic mass is 10.2. The molecule has 0 aliphatic heterocycles. The fourth-order valence-corrected chi connectivity index (χ4v) is 2.82. The maximum absolute atomic E-state index is 9.90. The van der Waals surface area contributed by atoms with E-state index >= 15 is 0 Å². The van der Waals surface area contributed by atoms with Crippen molar-refractivity contribution in [2.24, 2.45) is 0 Å². The Kier molecular flexibility index (Phi) is 3.50. The Morgan fingerprint density at radius 2 is 2.25 bits per heavy atom. The molecule has 0 aromatic carbocycles. The lowest BCUT2D eigenvalue weighted by Gasteiger charge is -2.29. The third-order valence-corrected chi connectivity index (χ3v) is 4.32. The Balaban J connectivity index is 2.26. The van der Waals surface area contributed by atoms with Gasteiger partial charge >= 0.3 is 0 Å². The van der Waals surface area contributed by atoms with Crippen LogP contribution < -0.4 is 4.90 Å². The fourth-order valence-electron chi connectivity index (χ4n) is 2.30. The Morgan fingerprint density at radius 3 is 2.88 bits per heavy atom. The van der Waals surface area contributed by atoms with E-state index < -0.39 is 0 Å². The van der Waals surface area contributed by atoms with Gasteiger partial charge < -0.3 is 10.0 Å². The van der Waals surface area contributed by atoms with Crippen LogP contribution in [-0.4, -0.2) is 29.3 Å². The quantitative estimate of drug-likeness (QED) is 0.907. The van der Waals surface area contributed by atoms with E-state index in [4.69, 9.17) is 0 Å². The molecular weight excluding hydrogens is 268 g/mol.